The highest BCUT2D eigenvalue weighted by molar-refractivity contribution is 5.77. The van der Waals surface area contributed by atoms with Crippen LogP contribution in [-0.2, 0) is 16.0 Å². The summed E-state index contributed by atoms with van der Waals surface area (Å²) in [6.07, 6.45) is 3.73. The van der Waals surface area contributed by atoms with Gasteiger partial charge in [0.15, 0.2) is 0 Å². The number of H-pyrrole nitrogens is 1. The molecule has 6 heteroatoms. The van der Waals surface area contributed by atoms with Crippen LogP contribution in [0.4, 0.5) is 0 Å². The molecule has 3 N–H and O–H groups in total. The highest BCUT2D eigenvalue weighted by Gasteiger charge is 2.26. The average Bonchev–Trinajstić information content (AvgIpc) is 2.96. The third kappa shape index (κ3) is 3.88. The lowest BCUT2D eigenvalue weighted by Gasteiger charge is -2.26. The molecular formula is C17H21N3O3. The molecule has 122 valence electrons. The molecule has 0 saturated heterocycles. The Morgan fingerprint density at radius 3 is 2.65 bits per heavy atom. The number of aromatic amines is 1. The Hall–Kier alpha value is -2.37. The van der Waals surface area contributed by atoms with E-state index in [2.05, 4.69) is 15.3 Å². The number of aliphatic carboxylic acids is 1. The van der Waals surface area contributed by atoms with Crippen LogP contribution < -0.4 is 5.32 Å². The van der Waals surface area contributed by atoms with E-state index in [9.17, 15) is 9.59 Å². The third-order valence-electron chi connectivity index (χ3n) is 4.47. The minimum Gasteiger partial charge on any atom is -0.481 e. The number of nitrogens with zero attached hydrogens (tertiary/aromatic N) is 1. The molecule has 0 aliphatic heterocycles. The van der Waals surface area contributed by atoms with E-state index in [0.717, 1.165) is 29.7 Å². The summed E-state index contributed by atoms with van der Waals surface area (Å²) in [6, 6.07) is 7.90. The van der Waals surface area contributed by atoms with Gasteiger partial charge in [0.2, 0.25) is 5.91 Å². The standard InChI is InChI=1S/C17H21N3O3/c21-16(18-12-7-5-11(6-8-12)17(22)23)10-9-15-19-13-3-1-2-4-14(13)20-15/h1-4,11-12H,5-10H2,(H,18,21)(H,19,20)(H,22,23). The van der Waals surface area contributed by atoms with Crippen LogP contribution in [0, 0.1) is 5.92 Å². The summed E-state index contributed by atoms with van der Waals surface area (Å²) < 4.78 is 0. The smallest absolute Gasteiger partial charge is 0.306 e. The third-order valence-corrected chi connectivity index (χ3v) is 4.47. The van der Waals surface area contributed by atoms with Crippen LogP contribution in [0.3, 0.4) is 0 Å². The number of carboxylic acids is 1. The molecule has 1 aromatic carbocycles. The molecule has 1 aromatic heterocycles. The van der Waals surface area contributed by atoms with Gasteiger partial charge in [0.25, 0.3) is 0 Å². The normalized spacial score (nSPS) is 21.2. The fourth-order valence-electron chi connectivity index (χ4n) is 3.14. The molecule has 0 radical (unpaired) electrons. The number of carboxylic acid groups (broad SMARTS) is 1. The zero-order chi connectivity index (χ0) is 16.2. The maximum Gasteiger partial charge on any atom is 0.306 e. The van der Waals surface area contributed by atoms with Gasteiger partial charge in [-0.25, -0.2) is 4.98 Å². The molecule has 1 aliphatic carbocycles. The van der Waals surface area contributed by atoms with E-state index in [1.807, 2.05) is 24.3 Å². The predicted molar refractivity (Wildman–Crippen MR) is 85.9 cm³/mol. The lowest BCUT2D eigenvalue weighted by Crippen LogP contribution is -2.38. The first kappa shape index (κ1) is 15.5. The van der Waals surface area contributed by atoms with E-state index in [1.165, 1.54) is 0 Å². The topological polar surface area (TPSA) is 95.1 Å². The van der Waals surface area contributed by atoms with E-state index >= 15 is 0 Å². The van der Waals surface area contributed by atoms with Crippen molar-refractivity contribution in [2.75, 3.05) is 0 Å². The molecule has 1 amide bonds. The number of nitrogens with one attached hydrogen (secondary N) is 2. The van der Waals surface area contributed by atoms with Crippen LogP contribution in [0.15, 0.2) is 24.3 Å². The number of carbonyl (C=O) groups is 2. The van der Waals surface area contributed by atoms with Gasteiger partial charge in [-0.15, -0.1) is 0 Å². The van der Waals surface area contributed by atoms with Crippen molar-refractivity contribution in [1.82, 2.24) is 15.3 Å². The SMILES string of the molecule is O=C(CCc1nc2ccccc2[nH]1)NC1CCC(C(=O)O)CC1. The summed E-state index contributed by atoms with van der Waals surface area (Å²) in [6.45, 7) is 0. The Kier molecular flexibility index (Phi) is 4.60. The predicted octanol–water partition coefficient (Wildman–Crippen LogP) is 2.26. The number of para-hydroxylation sites is 2. The number of carbonyl (C=O) groups excluding carboxylic acids is 1. The molecule has 3 rings (SSSR count). The molecular weight excluding hydrogens is 294 g/mol. The number of amides is 1. The maximum absolute atomic E-state index is 12.0. The highest BCUT2D eigenvalue weighted by atomic mass is 16.4. The second kappa shape index (κ2) is 6.81. The Labute approximate surface area is 134 Å². The Bertz CT molecular complexity index is 669. The molecule has 1 saturated carbocycles. The molecule has 0 atom stereocenters. The number of imidazole rings is 1. The summed E-state index contributed by atoms with van der Waals surface area (Å²) >= 11 is 0. The van der Waals surface area contributed by atoms with Crippen molar-refractivity contribution in [3.8, 4) is 0 Å². The summed E-state index contributed by atoms with van der Waals surface area (Å²) in [4.78, 5) is 30.6. The summed E-state index contributed by atoms with van der Waals surface area (Å²) in [5, 5.41) is 12.0. The Balaban J connectivity index is 1.45. The van der Waals surface area contributed by atoms with Crippen molar-refractivity contribution in [1.29, 1.82) is 0 Å². The van der Waals surface area contributed by atoms with Crippen LogP contribution in [0.2, 0.25) is 0 Å². The number of hydrogen-bond acceptors (Lipinski definition) is 3. The zero-order valence-electron chi connectivity index (χ0n) is 12.9. The van der Waals surface area contributed by atoms with Gasteiger partial charge in [-0.3, -0.25) is 9.59 Å². The van der Waals surface area contributed by atoms with Crippen molar-refractivity contribution in [2.45, 2.75) is 44.6 Å². The van der Waals surface area contributed by atoms with Crippen LogP contribution >= 0.6 is 0 Å². The average molecular weight is 315 g/mol. The van der Waals surface area contributed by atoms with Crippen molar-refractivity contribution >= 4 is 22.9 Å². The fourth-order valence-corrected chi connectivity index (χ4v) is 3.14. The van der Waals surface area contributed by atoms with E-state index in [1.54, 1.807) is 0 Å². The Morgan fingerprint density at radius 1 is 1.22 bits per heavy atom. The summed E-state index contributed by atoms with van der Waals surface area (Å²) in [7, 11) is 0. The molecule has 2 aromatic rings. The van der Waals surface area contributed by atoms with Crippen LogP contribution in [0.5, 0.6) is 0 Å². The van der Waals surface area contributed by atoms with Gasteiger partial charge in [0.05, 0.1) is 17.0 Å². The quantitative estimate of drug-likeness (QED) is 0.788. The summed E-state index contributed by atoms with van der Waals surface area (Å²) in [5.74, 6) is -0.154. The van der Waals surface area contributed by atoms with Gasteiger partial charge in [0.1, 0.15) is 5.82 Å². The molecule has 1 heterocycles. The van der Waals surface area contributed by atoms with Crippen molar-refractivity contribution in [3.63, 3.8) is 0 Å². The second-order valence-corrected chi connectivity index (χ2v) is 6.15. The number of hydrogen-bond donors (Lipinski definition) is 3. The second-order valence-electron chi connectivity index (χ2n) is 6.15. The van der Waals surface area contributed by atoms with Crippen LogP contribution in [-0.4, -0.2) is 33.0 Å². The first-order valence-electron chi connectivity index (χ1n) is 8.07. The van der Waals surface area contributed by atoms with Crippen molar-refractivity contribution in [3.05, 3.63) is 30.1 Å². The number of fused-ring (bicyclic) bond motifs is 1. The molecule has 0 spiro atoms. The van der Waals surface area contributed by atoms with E-state index in [0.29, 0.717) is 25.7 Å². The van der Waals surface area contributed by atoms with E-state index in [-0.39, 0.29) is 17.9 Å². The molecule has 1 fully saturated rings. The largest absolute Gasteiger partial charge is 0.481 e. The summed E-state index contributed by atoms with van der Waals surface area (Å²) in [5.41, 5.74) is 1.89. The number of aryl methyl sites for hydroxylation is 1. The van der Waals surface area contributed by atoms with Crippen LogP contribution in [0.25, 0.3) is 11.0 Å². The first-order valence-corrected chi connectivity index (χ1v) is 8.07. The zero-order valence-corrected chi connectivity index (χ0v) is 12.9. The lowest BCUT2D eigenvalue weighted by molar-refractivity contribution is -0.142. The van der Waals surface area contributed by atoms with Gasteiger partial charge >= 0.3 is 5.97 Å². The van der Waals surface area contributed by atoms with E-state index < -0.39 is 5.97 Å². The molecule has 0 bridgehead atoms. The maximum atomic E-state index is 12.0. The fraction of sp³-hybridized carbons (Fsp3) is 0.471. The molecule has 0 unspecified atom stereocenters. The molecule has 1 aliphatic rings. The number of rotatable bonds is 5. The lowest BCUT2D eigenvalue weighted by atomic mass is 9.86. The Morgan fingerprint density at radius 2 is 1.96 bits per heavy atom. The van der Waals surface area contributed by atoms with Gasteiger partial charge in [-0.1, -0.05) is 12.1 Å². The van der Waals surface area contributed by atoms with Gasteiger partial charge < -0.3 is 15.4 Å². The van der Waals surface area contributed by atoms with Crippen molar-refractivity contribution < 1.29 is 14.7 Å². The first-order chi connectivity index (χ1) is 11.1. The van der Waals surface area contributed by atoms with Gasteiger partial charge in [0, 0.05) is 18.9 Å². The van der Waals surface area contributed by atoms with Crippen molar-refractivity contribution in [2.24, 2.45) is 5.92 Å². The number of benzene rings is 1. The van der Waals surface area contributed by atoms with Gasteiger partial charge in [-0.2, -0.15) is 0 Å². The number of aromatic nitrogens is 2. The monoisotopic (exact) mass is 315 g/mol. The van der Waals surface area contributed by atoms with Crippen LogP contribution in [0.1, 0.15) is 37.9 Å². The van der Waals surface area contributed by atoms with E-state index in [4.69, 9.17) is 5.11 Å². The molecule has 23 heavy (non-hydrogen) atoms. The minimum absolute atomic E-state index is 0.00392. The minimum atomic E-state index is -0.723. The van der Waals surface area contributed by atoms with Gasteiger partial charge in [-0.05, 0) is 37.8 Å². The molecule has 6 nitrogen and oxygen atoms in total. The highest BCUT2D eigenvalue weighted by Crippen LogP contribution is 2.24.